The second-order valence-electron chi connectivity index (χ2n) is 12.9. The van der Waals surface area contributed by atoms with Crippen molar-refractivity contribution >= 4 is 16.9 Å². The van der Waals surface area contributed by atoms with Crippen LogP contribution in [-0.2, 0) is 6.42 Å². The van der Waals surface area contributed by atoms with E-state index in [0.29, 0.717) is 0 Å². The summed E-state index contributed by atoms with van der Waals surface area (Å²) in [6.07, 6.45) is 18.1. The molecule has 0 saturated heterocycles. The molecule has 0 unspecified atom stereocenters. The summed E-state index contributed by atoms with van der Waals surface area (Å²) in [6.45, 7) is 13.3. The van der Waals surface area contributed by atoms with E-state index < -0.39 is 0 Å². The Bertz CT molecular complexity index is 2000. The predicted octanol–water partition coefficient (Wildman–Crippen LogP) is 12.0. The molecule has 4 aromatic carbocycles. The molecule has 8 rings (SSSR count). The normalized spacial score (nSPS) is 18.8. The van der Waals surface area contributed by atoms with Crippen molar-refractivity contribution in [1.29, 1.82) is 0 Å². The molecule has 48 heavy (non-hydrogen) atoms. The summed E-state index contributed by atoms with van der Waals surface area (Å²) in [5.41, 5.74) is 21.4. The second kappa shape index (κ2) is 14.2. The molecule has 0 radical (unpaired) electrons. The van der Waals surface area contributed by atoms with Crippen molar-refractivity contribution < 1.29 is 0 Å². The number of anilines is 2. The average molecular weight is 627 g/mol. The number of hydrogen-bond acceptors (Lipinski definition) is 2. The molecule has 0 amide bonds. The maximum atomic E-state index is 5.33. The van der Waals surface area contributed by atoms with Crippen molar-refractivity contribution in [2.45, 2.75) is 47.0 Å². The second-order valence-corrected chi connectivity index (χ2v) is 12.9. The molecule has 0 bridgehead atoms. The maximum Gasteiger partial charge on any atom is 0.0540 e. The lowest BCUT2D eigenvalue weighted by molar-refractivity contribution is 0.579. The molecular weight excluding hydrogens is 581 g/mol. The molecule has 0 saturated carbocycles. The highest BCUT2D eigenvalue weighted by Crippen LogP contribution is 2.56. The summed E-state index contributed by atoms with van der Waals surface area (Å²) >= 11 is 0. The lowest BCUT2D eigenvalue weighted by Gasteiger charge is -2.31. The predicted molar refractivity (Wildman–Crippen MR) is 207 cm³/mol. The SMILES string of the molecule is C=C1/C=C2\C(=C/N(c3cccc(Cc4ccccc4)c3)c3cc(-c4ccccc4)ccc31)C1=C(C=CC1)C2(C)C.CC.NC1=CC=CC1. The number of nitrogens with zero attached hydrogens (tertiary/aromatic N) is 1. The summed E-state index contributed by atoms with van der Waals surface area (Å²) in [6, 6.07) is 37.2. The van der Waals surface area contributed by atoms with Crippen LogP contribution in [0.4, 0.5) is 11.4 Å². The van der Waals surface area contributed by atoms with Crippen molar-refractivity contribution in [3.63, 3.8) is 0 Å². The fourth-order valence-electron chi connectivity index (χ4n) is 6.98. The summed E-state index contributed by atoms with van der Waals surface area (Å²) in [7, 11) is 0. The summed E-state index contributed by atoms with van der Waals surface area (Å²) in [4.78, 5) is 2.41. The van der Waals surface area contributed by atoms with E-state index in [2.05, 4.69) is 153 Å². The zero-order valence-corrected chi connectivity index (χ0v) is 28.7. The standard InChI is InChI=1S/C39H33N.C5H7N.C2H6/c1-27-22-37-35(34-18-11-19-36(34)39(37,2)3)26-40(32-17-10-14-29(24-32)23-28-12-6-4-7-13-28)38-25-31(20-21-33(27)38)30-15-8-5-9-16-30;6-5-3-1-2-4-5;1-2/h4-17,19-22,24-26H,1,18,23H2,2-3H3;1-3H,4,6H2;1-2H3/b35-26-,37-22+;;. The van der Waals surface area contributed by atoms with Crippen LogP contribution in [0.25, 0.3) is 16.7 Å². The van der Waals surface area contributed by atoms with Gasteiger partial charge in [0.2, 0.25) is 0 Å². The van der Waals surface area contributed by atoms with Crippen LogP contribution in [0.2, 0.25) is 0 Å². The molecule has 240 valence electrons. The largest absolute Gasteiger partial charge is 0.402 e. The topological polar surface area (TPSA) is 29.3 Å². The van der Waals surface area contributed by atoms with Gasteiger partial charge in [0, 0.05) is 35.0 Å². The molecule has 3 aliphatic carbocycles. The Balaban J connectivity index is 0.000000448. The van der Waals surface area contributed by atoms with Crippen molar-refractivity contribution in [2.75, 3.05) is 4.90 Å². The number of hydrogen-bond donors (Lipinski definition) is 1. The molecule has 2 N–H and O–H groups in total. The molecule has 4 aromatic rings. The molecule has 2 nitrogen and oxygen atoms in total. The quantitative estimate of drug-likeness (QED) is 0.244. The summed E-state index contributed by atoms with van der Waals surface area (Å²) < 4.78 is 0. The first-order chi connectivity index (χ1) is 23.4. The number of fused-ring (bicyclic) bond motifs is 3. The van der Waals surface area contributed by atoms with Gasteiger partial charge in [-0.25, -0.2) is 0 Å². The molecular formula is C46H46N2. The minimum Gasteiger partial charge on any atom is -0.402 e. The van der Waals surface area contributed by atoms with E-state index >= 15 is 0 Å². The van der Waals surface area contributed by atoms with E-state index in [4.69, 9.17) is 5.73 Å². The van der Waals surface area contributed by atoms with Gasteiger partial charge in [-0.3, -0.25) is 0 Å². The lowest BCUT2D eigenvalue weighted by atomic mass is 9.79. The number of rotatable bonds is 4. The van der Waals surface area contributed by atoms with Crippen LogP contribution >= 0.6 is 0 Å². The first-order valence-corrected chi connectivity index (χ1v) is 17.2. The van der Waals surface area contributed by atoms with E-state index in [9.17, 15) is 0 Å². The minimum absolute atomic E-state index is 0.0561. The van der Waals surface area contributed by atoms with Gasteiger partial charge in [0.05, 0.1) is 5.69 Å². The smallest absolute Gasteiger partial charge is 0.0540 e. The molecule has 0 aromatic heterocycles. The lowest BCUT2D eigenvalue weighted by Crippen LogP contribution is -2.17. The van der Waals surface area contributed by atoms with Gasteiger partial charge in [-0.1, -0.05) is 150 Å². The summed E-state index contributed by atoms with van der Waals surface area (Å²) in [5.74, 6) is 0. The van der Waals surface area contributed by atoms with Gasteiger partial charge in [-0.2, -0.15) is 0 Å². The van der Waals surface area contributed by atoms with Gasteiger partial charge >= 0.3 is 0 Å². The highest BCUT2D eigenvalue weighted by Gasteiger charge is 2.41. The molecule has 1 heterocycles. The highest BCUT2D eigenvalue weighted by atomic mass is 15.1. The maximum absolute atomic E-state index is 5.33. The fourth-order valence-corrected chi connectivity index (χ4v) is 6.98. The molecule has 0 spiro atoms. The Morgan fingerprint density at radius 3 is 2.19 bits per heavy atom. The van der Waals surface area contributed by atoms with Gasteiger partial charge in [0.15, 0.2) is 0 Å². The van der Waals surface area contributed by atoms with E-state index in [1.165, 1.54) is 50.2 Å². The Labute approximate surface area is 287 Å². The van der Waals surface area contributed by atoms with Crippen LogP contribution < -0.4 is 10.6 Å². The third-order valence-corrected chi connectivity index (χ3v) is 9.42. The van der Waals surface area contributed by atoms with E-state index in [1.54, 1.807) is 0 Å². The Kier molecular flexibility index (Phi) is 9.64. The van der Waals surface area contributed by atoms with Gasteiger partial charge < -0.3 is 10.6 Å². The number of benzene rings is 4. The van der Waals surface area contributed by atoms with Gasteiger partial charge in [0.25, 0.3) is 0 Å². The van der Waals surface area contributed by atoms with Gasteiger partial charge in [0.1, 0.15) is 0 Å². The fraction of sp³-hybridized carbons (Fsp3) is 0.174. The van der Waals surface area contributed by atoms with Crippen molar-refractivity contribution in [1.82, 2.24) is 0 Å². The highest BCUT2D eigenvalue weighted by molar-refractivity contribution is 5.91. The molecule has 4 aliphatic rings. The van der Waals surface area contributed by atoms with Crippen LogP contribution in [0.15, 0.2) is 180 Å². The van der Waals surface area contributed by atoms with Crippen molar-refractivity contribution in [3.8, 4) is 11.1 Å². The molecule has 2 heteroatoms. The zero-order chi connectivity index (χ0) is 33.7. The number of allylic oxidation sites excluding steroid dienone is 11. The van der Waals surface area contributed by atoms with Crippen molar-refractivity contribution in [3.05, 3.63) is 197 Å². The number of nitrogens with two attached hydrogens (primary N) is 1. The third kappa shape index (κ3) is 6.57. The average Bonchev–Trinajstić information content (AvgIpc) is 3.85. The van der Waals surface area contributed by atoms with Gasteiger partial charge in [-0.05, 0) is 87.2 Å². The van der Waals surface area contributed by atoms with Crippen LogP contribution in [0.1, 0.15) is 57.2 Å². The van der Waals surface area contributed by atoms with E-state index in [0.717, 1.165) is 41.8 Å². The van der Waals surface area contributed by atoms with Crippen LogP contribution in [0.5, 0.6) is 0 Å². The Hall–Kier alpha value is -5.34. The molecule has 1 aliphatic heterocycles. The Morgan fingerprint density at radius 2 is 1.50 bits per heavy atom. The monoisotopic (exact) mass is 626 g/mol. The van der Waals surface area contributed by atoms with E-state index in [1.807, 2.05) is 32.1 Å². The Morgan fingerprint density at radius 1 is 0.771 bits per heavy atom. The van der Waals surface area contributed by atoms with Crippen LogP contribution in [0.3, 0.4) is 0 Å². The molecule has 0 fully saturated rings. The molecule has 0 atom stereocenters. The summed E-state index contributed by atoms with van der Waals surface area (Å²) in [5, 5.41) is 0. The van der Waals surface area contributed by atoms with E-state index in [-0.39, 0.29) is 5.41 Å². The third-order valence-electron chi connectivity index (χ3n) is 9.42. The minimum atomic E-state index is -0.0561. The van der Waals surface area contributed by atoms with Crippen molar-refractivity contribution in [2.24, 2.45) is 11.1 Å². The zero-order valence-electron chi connectivity index (χ0n) is 28.7. The van der Waals surface area contributed by atoms with Gasteiger partial charge in [-0.15, -0.1) is 0 Å². The first-order valence-electron chi connectivity index (χ1n) is 17.2. The van der Waals surface area contributed by atoms with Crippen LogP contribution in [-0.4, -0.2) is 0 Å². The first kappa shape index (κ1) is 32.6. The van der Waals surface area contributed by atoms with Crippen LogP contribution in [0, 0.1) is 5.41 Å².